The van der Waals surface area contributed by atoms with Crippen molar-refractivity contribution in [2.75, 3.05) is 33.2 Å². The Morgan fingerprint density at radius 2 is 1.71 bits per heavy atom. The smallest absolute Gasteiger partial charge is 0.340 e. The summed E-state index contributed by atoms with van der Waals surface area (Å²) in [7, 11) is 2.21. The molecule has 2 aromatic carbocycles. The van der Waals surface area contributed by atoms with Gasteiger partial charge in [-0.25, -0.2) is 4.79 Å². The van der Waals surface area contributed by atoms with Gasteiger partial charge in [0.1, 0.15) is 38.5 Å². The molecule has 0 bridgehead atoms. The summed E-state index contributed by atoms with van der Waals surface area (Å²) in [6.45, 7) is 6.99. The molecule has 0 spiro atoms. The molecule has 1 aliphatic rings. The maximum atomic E-state index is 12.8. The molecular weight excluding hydrogens is 352 g/mol. The van der Waals surface area contributed by atoms with E-state index in [0.717, 1.165) is 48.3 Å². The normalized spacial score (nSPS) is 19.8. The number of likely N-dealkylation sites (N-methyl/N-ethyl adjacent to an activating group) is 1. The summed E-state index contributed by atoms with van der Waals surface area (Å²) < 4.78 is 5.79. The van der Waals surface area contributed by atoms with E-state index in [1.807, 2.05) is 43.3 Å². The fourth-order valence-electron chi connectivity index (χ4n) is 4.13. The standard InChI is InChI=1S/C23H26N2O3/c1-16-18-8-9-21(26)20(15-25-12-10-24(2)11-13-25)22(18)28-23(27)19(16)14-17-6-4-3-5-7-17/h3-9,26H,10-15H2,1-2H3/p+2. The lowest BCUT2D eigenvalue weighted by atomic mass is 9.98. The molecule has 0 atom stereocenters. The maximum absolute atomic E-state index is 12.8. The van der Waals surface area contributed by atoms with Gasteiger partial charge in [0.2, 0.25) is 0 Å². The first-order valence-electron chi connectivity index (χ1n) is 9.99. The van der Waals surface area contributed by atoms with Crippen LogP contribution in [-0.2, 0) is 13.0 Å². The van der Waals surface area contributed by atoms with Crippen molar-refractivity contribution in [3.63, 3.8) is 0 Å². The number of fused-ring (bicyclic) bond motifs is 1. The third-order valence-corrected chi connectivity index (χ3v) is 5.99. The SMILES string of the molecule is Cc1c(Cc2ccccc2)c(=O)oc2c(C[NH+]3CC[NH+](C)CC3)c(O)ccc12. The van der Waals surface area contributed by atoms with E-state index in [1.165, 1.54) is 4.90 Å². The van der Waals surface area contributed by atoms with E-state index in [-0.39, 0.29) is 11.4 Å². The van der Waals surface area contributed by atoms with Crippen molar-refractivity contribution in [3.05, 3.63) is 75.1 Å². The maximum Gasteiger partial charge on any atom is 0.340 e. The second-order valence-corrected chi connectivity index (χ2v) is 7.98. The van der Waals surface area contributed by atoms with Gasteiger partial charge in [0.25, 0.3) is 0 Å². The lowest BCUT2D eigenvalue weighted by Gasteiger charge is -2.27. The molecule has 146 valence electrons. The topological polar surface area (TPSA) is 59.3 Å². The summed E-state index contributed by atoms with van der Waals surface area (Å²) in [6.07, 6.45) is 0.549. The van der Waals surface area contributed by atoms with E-state index < -0.39 is 0 Å². The van der Waals surface area contributed by atoms with Gasteiger partial charge in [-0.15, -0.1) is 0 Å². The average molecular weight is 380 g/mol. The molecule has 5 nitrogen and oxygen atoms in total. The number of phenolic OH excluding ortho intramolecular Hbond substituents is 1. The summed E-state index contributed by atoms with van der Waals surface area (Å²) in [5, 5.41) is 11.4. The van der Waals surface area contributed by atoms with Gasteiger partial charge in [-0.1, -0.05) is 30.3 Å². The van der Waals surface area contributed by atoms with E-state index in [9.17, 15) is 9.90 Å². The van der Waals surface area contributed by atoms with Gasteiger partial charge in [0.05, 0.1) is 12.6 Å². The van der Waals surface area contributed by atoms with Gasteiger partial charge in [-0.2, -0.15) is 0 Å². The quantitative estimate of drug-likeness (QED) is 0.571. The first-order chi connectivity index (χ1) is 13.5. The number of nitrogens with one attached hydrogen (secondary N) is 2. The van der Waals surface area contributed by atoms with Crippen LogP contribution in [-0.4, -0.2) is 38.3 Å². The van der Waals surface area contributed by atoms with Crippen molar-refractivity contribution in [2.24, 2.45) is 0 Å². The average Bonchev–Trinajstić information content (AvgIpc) is 2.70. The molecule has 4 rings (SSSR count). The Morgan fingerprint density at radius 3 is 2.43 bits per heavy atom. The van der Waals surface area contributed by atoms with Crippen molar-refractivity contribution in [3.8, 4) is 5.75 Å². The van der Waals surface area contributed by atoms with Crippen LogP contribution >= 0.6 is 0 Å². The largest absolute Gasteiger partial charge is 0.507 e. The number of rotatable bonds is 4. The Bertz CT molecular complexity index is 1040. The van der Waals surface area contributed by atoms with E-state index >= 15 is 0 Å². The van der Waals surface area contributed by atoms with Crippen molar-refractivity contribution in [2.45, 2.75) is 19.9 Å². The number of quaternary nitrogens is 2. The molecule has 1 aliphatic heterocycles. The fourth-order valence-corrected chi connectivity index (χ4v) is 4.13. The van der Waals surface area contributed by atoms with Crippen LogP contribution in [0.3, 0.4) is 0 Å². The molecule has 28 heavy (non-hydrogen) atoms. The van der Waals surface area contributed by atoms with E-state index in [1.54, 1.807) is 11.0 Å². The number of aryl methyl sites for hydroxylation is 1. The monoisotopic (exact) mass is 380 g/mol. The number of hydrogen-bond acceptors (Lipinski definition) is 3. The van der Waals surface area contributed by atoms with Crippen LogP contribution in [0.4, 0.5) is 0 Å². The molecule has 1 saturated heterocycles. The third kappa shape index (κ3) is 3.68. The second-order valence-electron chi connectivity index (χ2n) is 7.98. The Morgan fingerprint density at radius 1 is 1.00 bits per heavy atom. The molecule has 0 saturated carbocycles. The third-order valence-electron chi connectivity index (χ3n) is 5.99. The van der Waals surface area contributed by atoms with Crippen LogP contribution < -0.4 is 15.4 Å². The molecule has 3 N–H and O–H groups in total. The Labute approximate surface area is 164 Å². The molecule has 5 heteroatoms. The zero-order valence-corrected chi connectivity index (χ0v) is 16.5. The number of hydrogen-bond donors (Lipinski definition) is 3. The minimum atomic E-state index is -0.307. The molecule has 0 amide bonds. The summed E-state index contributed by atoms with van der Waals surface area (Å²) >= 11 is 0. The Balaban J connectivity index is 1.73. The molecule has 0 aliphatic carbocycles. The van der Waals surface area contributed by atoms with E-state index in [0.29, 0.717) is 24.1 Å². The van der Waals surface area contributed by atoms with Crippen LogP contribution in [0.2, 0.25) is 0 Å². The predicted molar refractivity (Wildman–Crippen MR) is 109 cm³/mol. The Hall–Kier alpha value is -2.63. The number of piperazine rings is 1. The Kier molecular flexibility index (Phi) is 5.20. The zero-order chi connectivity index (χ0) is 19.7. The molecule has 1 fully saturated rings. The van der Waals surface area contributed by atoms with Gasteiger partial charge in [-0.3, -0.25) is 0 Å². The van der Waals surface area contributed by atoms with Gasteiger partial charge >= 0.3 is 5.63 Å². The number of phenols is 1. The van der Waals surface area contributed by atoms with Crippen LogP contribution in [0, 0.1) is 6.92 Å². The molecule has 3 aromatic rings. The summed E-state index contributed by atoms with van der Waals surface area (Å²) in [5.74, 6) is 0.213. The number of aromatic hydroxyl groups is 1. The summed E-state index contributed by atoms with van der Waals surface area (Å²) in [6, 6.07) is 13.6. The predicted octanol–water partition coefficient (Wildman–Crippen LogP) is 0.311. The molecular formula is C23H28N2O3+2. The van der Waals surface area contributed by atoms with Crippen LogP contribution in [0.5, 0.6) is 5.75 Å². The highest BCUT2D eigenvalue weighted by atomic mass is 16.4. The first kappa shape index (κ1) is 18.7. The van der Waals surface area contributed by atoms with Crippen LogP contribution in [0.25, 0.3) is 11.0 Å². The lowest BCUT2D eigenvalue weighted by molar-refractivity contribution is -1.01. The van der Waals surface area contributed by atoms with Gasteiger partial charge in [0.15, 0.2) is 5.58 Å². The number of benzene rings is 2. The van der Waals surface area contributed by atoms with Crippen LogP contribution in [0.15, 0.2) is 51.7 Å². The van der Waals surface area contributed by atoms with Crippen molar-refractivity contribution < 1.29 is 19.3 Å². The van der Waals surface area contributed by atoms with Gasteiger partial charge in [0, 0.05) is 17.4 Å². The summed E-state index contributed by atoms with van der Waals surface area (Å²) in [4.78, 5) is 15.8. The van der Waals surface area contributed by atoms with E-state index in [4.69, 9.17) is 4.42 Å². The minimum absolute atomic E-state index is 0.213. The highest BCUT2D eigenvalue weighted by Gasteiger charge is 2.24. The zero-order valence-electron chi connectivity index (χ0n) is 16.5. The molecule has 0 unspecified atom stereocenters. The van der Waals surface area contributed by atoms with Gasteiger partial charge < -0.3 is 19.3 Å². The molecule has 1 aromatic heterocycles. The molecule has 0 radical (unpaired) electrons. The first-order valence-corrected chi connectivity index (χ1v) is 9.99. The second kappa shape index (κ2) is 7.78. The molecule has 2 heterocycles. The highest BCUT2D eigenvalue weighted by Crippen LogP contribution is 2.29. The van der Waals surface area contributed by atoms with Crippen LogP contribution in [0.1, 0.15) is 22.3 Å². The van der Waals surface area contributed by atoms with Crippen molar-refractivity contribution >= 4 is 11.0 Å². The highest BCUT2D eigenvalue weighted by molar-refractivity contribution is 5.85. The van der Waals surface area contributed by atoms with Crippen molar-refractivity contribution in [1.29, 1.82) is 0 Å². The summed E-state index contributed by atoms with van der Waals surface area (Å²) in [5.41, 5.74) is 3.69. The van der Waals surface area contributed by atoms with Crippen molar-refractivity contribution in [1.82, 2.24) is 0 Å². The van der Waals surface area contributed by atoms with E-state index in [2.05, 4.69) is 7.05 Å². The lowest BCUT2D eigenvalue weighted by Crippen LogP contribution is -3.26. The van der Waals surface area contributed by atoms with Gasteiger partial charge in [-0.05, 0) is 30.2 Å². The minimum Gasteiger partial charge on any atom is -0.507 e. The fraction of sp³-hybridized carbons (Fsp3) is 0.348.